The molecule has 0 aliphatic heterocycles. The first kappa shape index (κ1) is 17.9. The molecule has 0 saturated heterocycles. The molecule has 26 heavy (non-hydrogen) atoms. The van der Waals surface area contributed by atoms with Crippen molar-refractivity contribution in [2.75, 3.05) is 7.11 Å². The van der Waals surface area contributed by atoms with Crippen molar-refractivity contribution in [3.8, 4) is 11.4 Å². The topological polar surface area (TPSA) is 70.2 Å². The molecule has 0 saturated carbocycles. The van der Waals surface area contributed by atoms with Crippen molar-refractivity contribution in [2.45, 2.75) is 17.5 Å². The standard InChI is InChI=1S/C18H16FN3O3S/c1-3-10-22-16(13-6-4-5-7-14(13)19)20-21-18(22)26-11-12-8-9-15(25-12)17(23)24-2/h3-9H,1,10-11H2,2H3. The van der Waals surface area contributed by atoms with Crippen LogP contribution in [0.2, 0.25) is 0 Å². The molecule has 3 aromatic rings. The van der Waals surface area contributed by atoms with Gasteiger partial charge in [0.05, 0.1) is 18.4 Å². The Morgan fingerprint density at radius 2 is 2.15 bits per heavy atom. The number of hydrogen-bond donors (Lipinski definition) is 0. The van der Waals surface area contributed by atoms with E-state index in [4.69, 9.17) is 4.42 Å². The molecule has 0 radical (unpaired) electrons. The van der Waals surface area contributed by atoms with Gasteiger partial charge in [0.1, 0.15) is 11.6 Å². The van der Waals surface area contributed by atoms with Gasteiger partial charge in [0.25, 0.3) is 0 Å². The molecule has 0 amide bonds. The molecule has 0 bridgehead atoms. The Labute approximate surface area is 153 Å². The smallest absolute Gasteiger partial charge is 0.373 e. The number of halogens is 1. The van der Waals surface area contributed by atoms with E-state index in [2.05, 4.69) is 21.5 Å². The van der Waals surface area contributed by atoms with Gasteiger partial charge in [0.15, 0.2) is 11.0 Å². The maximum atomic E-state index is 14.1. The summed E-state index contributed by atoms with van der Waals surface area (Å²) < 4.78 is 25.9. The predicted octanol–water partition coefficient (Wildman–Crippen LogP) is 3.94. The van der Waals surface area contributed by atoms with Crippen molar-refractivity contribution in [3.05, 3.63) is 66.4 Å². The summed E-state index contributed by atoms with van der Waals surface area (Å²) in [4.78, 5) is 11.4. The van der Waals surface area contributed by atoms with Crippen LogP contribution in [0.4, 0.5) is 4.39 Å². The maximum absolute atomic E-state index is 14.1. The molecule has 0 N–H and O–H groups in total. The minimum atomic E-state index is -0.530. The normalized spacial score (nSPS) is 10.7. The van der Waals surface area contributed by atoms with Crippen molar-refractivity contribution >= 4 is 17.7 Å². The largest absolute Gasteiger partial charge is 0.463 e. The molecule has 0 unspecified atom stereocenters. The number of benzene rings is 1. The second-order valence-electron chi connectivity index (χ2n) is 5.23. The molecule has 134 valence electrons. The number of carbonyl (C=O) groups excluding carboxylic acids is 1. The summed E-state index contributed by atoms with van der Waals surface area (Å²) in [6, 6.07) is 9.66. The molecule has 8 heteroatoms. The second-order valence-corrected chi connectivity index (χ2v) is 6.17. The lowest BCUT2D eigenvalue weighted by atomic mass is 10.2. The average Bonchev–Trinajstić information content (AvgIpc) is 3.27. The fourth-order valence-electron chi connectivity index (χ4n) is 2.33. The zero-order valence-corrected chi connectivity index (χ0v) is 14.8. The second kappa shape index (κ2) is 8.01. The van der Waals surface area contributed by atoms with Crippen LogP contribution in [-0.2, 0) is 17.0 Å². The van der Waals surface area contributed by atoms with Crippen molar-refractivity contribution in [1.29, 1.82) is 0 Å². The fourth-order valence-corrected chi connectivity index (χ4v) is 3.17. The number of methoxy groups -OCH3 is 1. The molecule has 0 atom stereocenters. The van der Waals surface area contributed by atoms with E-state index >= 15 is 0 Å². The van der Waals surface area contributed by atoms with Gasteiger partial charge in [-0.05, 0) is 24.3 Å². The van der Waals surface area contributed by atoms with Crippen LogP contribution in [0.25, 0.3) is 11.4 Å². The highest BCUT2D eigenvalue weighted by molar-refractivity contribution is 7.98. The van der Waals surface area contributed by atoms with E-state index in [-0.39, 0.29) is 11.6 Å². The van der Waals surface area contributed by atoms with E-state index in [1.807, 2.05) is 0 Å². The quantitative estimate of drug-likeness (QED) is 0.355. The molecule has 0 aliphatic rings. The van der Waals surface area contributed by atoms with Gasteiger partial charge in [0.2, 0.25) is 5.76 Å². The fraction of sp³-hybridized carbons (Fsp3) is 0.167. The van der Waals surface area contributed by atoms with E-state index in [1.165, 1.54) is 24.9 Å². The average molecular weight is 373 g/mol. The molecule has 0 spiro atoms. The molecular formula is C18H16FN3O3S. The maximum Gasteiger partial charge on any atom is 0.373 e. The van der Waals surface area contributed by atoms with Gasteiger partial charge in [-0.25, -0.2) is 9.18 Å². The van der Waals surface area contributed by atoms with Crippen molar-refractivity contribution < 1.29 is 18.3 Å². The summed E-state index contributed by atoms with van der Waals surface area (Å²) in [6.45, 7) is 4.17. The third-order valence-electron chi connectivity index (χ3n) is 3.54. The van der Waals surface area contributed by atoms with Crippen LogP contribution in [0.5, 0.6) is 0 Å². The van der Waals surface area contributed by atoms with Gasteiger partial charge < -0.3 is 9.15 Å². The Hall–Kier alpha value is -2.87. The lowest BCUT2D eigenvalue weighted by molar-refractivity contribution is 0.0563. The summed E-state index contributed by atoms with van der Waals surface area (Å²) in [5, 5.41) is 8.87. The first-order valence-corrected chi connectivity index (χ1v) is 8.71. The number of nitrogens with zero attached hydrogens (tertiary/aromatic N) is 3. The highest BCUT2D eigenvalue weighted by Crippen LogP contribution is 2.28. The Morgan fingerprint density at radius 1 is 1.35 bits per heavy atom. The number of esters is 1. The van der Waals surface area contributed by atoms with Crippen molar-refractivity contribution in [3.63, 3.8) is 0 Å². The van der Waals surface area contributed by atoms with Gasteiger partial charge in [-0.1, -0.05) is 30.0 Å². The number of thioether (sulfide) groups is 1. The zero-order chi connectivity index (χ0) is 18.5. The molecule has 2 heterocycles. The molecule has 2 aromatic heterocycles. The number of carbonyl (C=O) groups is 1. The first-order chi connectivity index (χ1) is 12.6. The molecule has 0 aliphatic carbocycles. The Bertz CT molecular complexity index is 935. The number of allylic oxidation sites excluding steroid dienone is 1. The zero-order valence-electron chi connectivity index (χ0n) is 14.0. The minimum absolute atomic E-state index is 0.141. The lowest BCUT2D eigenvalue weighted by Gasteiger charge is -2.07. The summed E-state index contributed by atoms with van der Waals surface area (Å²) >= 11 is 1.37. The van der Waals surface area contributed by atoms with E-state index in [9.17, 15) is 9.18 Å². The van der Waals surface area contributed by atoms with Crippen LogP contribution in [0, 0.1) is 5.82 Å². The number of ether oxygens (including phenoxy) is 1. The van der Waals surface area contributed by atoms with Gasteiger partial charge >= 0.3 is 5.97 Å². The number of furan rings is 1. The number of hydrogen-bond acceptors (Lipinski definition) is 6. The van der Waals surface area contributed by atoms with E-state index in [0.717, 1.165) is 0 Å². The van der Waals surface area contributed by atoms with Crippen LogP contribution >= 0.6 is 11.8 Å². The van der Waals surface area contributed by atoms with Crippen LogP contribution < -0.4 is 0 Å². The summed E-state index contributed by atoms with van der Waals surface area (Å²) in [5.41, 5.74) is 0.375. The Kier molecular flexibility index (Phi) is 5.52. The van der Waals surface area contributed by atoms with E-state index in [1.54, 1.807) is 41.0 Å². The van der Waals surface area contributed by atoms with Gasteiger partial charge in [-0.3, -0.25) is 4.57 Å². The monoisotopic (exact) mass is 373 g/mol. The van der Waals surface area contributed by atoms with Crippen LogP contribution in [0.15, 0.2) is 58.6 Å². The molecule has 1 aromatic carbocycles. The Balaban J connectivity index is 1.82. The lowest BCUT2D eigenvalue weighted by Crippen LogP contribution is -2.01. The van der Waals surface area contributed by atoms with E-state index < -0.39 is 5.97 Å². The van der Waals surface area contributed by atoms with Gasteiger partial charge in [0, 0.05) is 6.54 Å². The van der Waals surface area contributed by atoms with Crippen LogP contribution in [0.1, 0.15) is 16.3 Å². The molecular weight excluding hydrogens is 357 g/mol. The minimum Gasteiger partial charge on any atom is -0.463 e. The third kappa shape index (κ3) is 3.70. The molecule has 6 nitrogen and oxygen atoms in total. The predicted molar refractivity (Wildman–Crippen MR) is 95.2 cm³/mol. The number of aromatic nitrogens is 3. The SMILES string of the molecule is C=CCn1c(SCc2ccc(C(=O)OC)o2)nnc1-c1ccccc1F. The highest BCUT2D eigenvalue weighted by atomic mass is 32.2. The molecule has 0 fully saturated rings. The van der Waals surface area contributed by atoms with Crippen LogP contribution in [-0.4, -0.2) is 27.8 Å². The van der Waals surface area contributed by atoms with Gasteiger partial charge in [-0.15, -0.1) is 16.8 Å². The van der Waals surface area contributed by atoms with E-state index in [0.29, 0.717) is 34.6 Å². The summed E-state index contributed by atoms with van der Waals surface area (Å²) in [5.74, 6) is 0.705. The summed E-state index contributed by atoms with van der Waals surface area (Å²) in [6.07, 6.45) is 1.69. The van der Waals surface area contributed by atoms with Crippen molar-refractivity contribution in [2.24, 2.45) is 0 Å². The third-order valence-corrected chi connectivity index (χ3v) is 4.52. The summed E-state index contributed by atoms with van der Waals surface area (Å²) in [7, 11) is 1.29. The highest BCUT2D eigenvalue weighted by Gasteiger charge is 2.17. The van der Waals surface area contributed by atoms with Gasteiger partial charge in [-0.2, -0.15) is 0 Å². The Morgan fingerprint density at radius 3 is 2.88 bits per heavy atom. The van der Waals surface area contributed by atoms with Crippen LogP contribution in [0.3, 0.4) is 0 Å². The molecule has 3 rings (SSSR count). The van der Waals surface area contributed by atoms with Crippen molar-refractivity contribution in [1.82, 2.24) is 14.8 Å². The number of rotatable bonds is 7. The first-order valence-electron chi connectivity index (χ1n) is 7.73.